The van der Waals surface area contributed by atoms with Gasteiger partial charge in [0.25, 0.3) is 0 Å². The summed E-state index contributed by atoms with van der Waals surface area (Å²) in [5.74, 6) is 0.616. The molecule has 2 aliphatic rings. The second-order valence-electron chi connectivity index (χ2n) is 5.87. The molecule has 0 aromatic rings. The number of aliphatic hydroxyl groups is 1. The van der Waals surface area contributed by atoms with Gasteiger partial charge < -0.3 is 9.84 Å². The lowest BCUT2D eigenvalue weighted by Gasteiger charge is -2.45. The predicted molar refractivity (Wildman–Crippen MR) is 69.2 cm³/mol. The summed E-state index contributed by atoms with van der Waals surface area (Å²) >= 11 is 0. The molecule has 0 bridgehead atoms. The fraction of sp³-hybridized carbons (Fsp3) is 0.929. The second kappa shape index (κ2) is 5.57. The molecule has 1 heterocycles. The van der Waals surface area contributed by atoms with E-state index in [0.717, 1.165) is 44.6 Å². The van der Waals surface area contributed by atoms with Gasteiger partial charge in [-0.1, -0.05) is 13.3 Å². The Morgan fingerprint density at radius 3 is 2.50 bits per heavy atom. The van der Waals surface area contributed by atoms with Crippen molar-refractivity contribution in [2.24, 2.45) is 5.92 Å². The zero-order valence-electron chi connectivity index (χ0n) is 11.5. The van der Waals surface area contributed by atoms with Crippen molar-refractivity contribution in [1.82, 2.24) is 4.90 Å². The van der Waals surface area contributed by atoms with Gasteiger partial charge in [-0.25, -0.2) is 0 Å². The maximum Gasteiger partial charge on any atom is 0.323 e. The molecule has 1 unspecified atom stereocenters. The number of methoxy groups -OCH3 is 1. The summed E-state index contributed by atoms with van der Waals surface area (Å²) in [5.41, 5.74) is -0.585. The van der Waals surface area contributed by atoms with Gasteiger partial charge in [0, 0.05) is 13.1 Å². The standard InChI is InChI=1S/C14H25NO3/c1-3-11-4-7-14(17,8-5-11)10-15-9-6-12(15)13(16)18-2/h11-12,17H,3-10H2,1-2H3. The van der Waals surface area contributed by atoms with Crippen LogP contribution < -0.4 is 0 Å². The number of carbonyl (C=O) groups excluding carboxylic acids is 1. The number of nitrogens with zero attached hydrogens (tertiary/aromatic N) is 1. The van der Waals surface area contributed by atoms with Gasteiger partial charge in [0.15, 0.2) is 0 Å². The van der Waals surface area contributed by atoms with E-state index in [0.29, 0.717) is 6.54 Å². The third-order valence-electron chi connectivity index (χ3n) is 4.71. The van der Waals surface area contributed by atoms with Crippen LogP contribution in [0.1, 0.15) is 45.4 Å². The summed E-state index contributed by atoms with van der Waals surface area (Å²) in [6.45, 7) is 3.75. The van der Waals surface area contributed by atoms with Crippen molar-refractivity contribution in [3.8, 4) is 0 Å². The van der Waals surface area contributed by atoms with Crippen molar-refractivity contribution in [3.63, 3.8) is 0 Å². The Morgan fingerprint density at radius 2 is 2.06 bits per heavy atom. The molecule has 18 heavy (non-hydrogen) atoms. The molecule has 1 atom stereocenters. The van der Waals surface area contributed by atoms with E-state index in [2.05, 4.69) is 11.8 Å². The third kappa shape index (κ3) is 2.86. The van der Waals surface area contributed by atoms with E-state index in [1.165, 1.54) is 13.5 Å². The Hall–Kier alpha value is -0.610. The Kier molecular flexibility index (Phi) is 4.28. The minimum Gasteiger partial charge on any atom is -0.468 e. The van der Waals surface area contributed by atoms with Gasteiger partial charge >= 0.3 is 5.97 Å². The zero-order chi connectivity index (χ0) is 13.2. The third-order valence-corrected chi connectivity index (χ3v) is 4.71. The molecule has 0 spiro atoms. The van der Waals surface area contributed by atoms with Gasteiger partial charge in [-0.15, -0.1) is 0 Å². The van der Waals surface area contributed by atoms with E-state index in [1.807, 2.05) is 0 Å². The first-order valence-electron chi connectivity index (χ1n) is 7.12. The molecular weight excluding hydrogens is 230 g/mol. The smallest absolute Gasteiger partial charge is 0.323 e. The highest BCUT2D eigenvalue weighted by molar-refractivity contribution is 5.76. The summed E-state index contributed by atoms with van der Waals surface area (Å²) < 4.78 is 4.78. The lowest BCUT2D eigenvalue weighted by Crippen LogP contribution is -2.58. The minimum absolute atomic E-state index is 0.122. The molecule has 4 nitrogen and oxygen atoms in total. The average molecular weight is 255 g/mol. The first-order chi connectivity index (χ1) is 8.58. The predicted octanol–water partition coefficient (Wildman–Crippen LogP) is 1.56. The highest BCUT2D eigenvalue weighted by Crippen LogP contribution is 2.35. The summed E-state index contributed by atoms with van der Waals surface area (Å²) in [4.78, 5) is 13.6. The van der Waals surface area contributed by atoms with Crippen LogP contribution in [0.4, 0.5) is 0 Å². The zero-order valence-corrected chi connectivity index (χ0v) is 11.5. The van der Waals surface area contributed by atoms with Crippen molar-refractivity contribution < 1.29 is 14.6 Å². The van der Waals surface area contributed by atoms with Crippen LogP contribution in [0.15, 0.2) is 0 Å². The van der Waals surface area contributed by atoms with Crippen LogP contribution >= 0.6 is 0 Å². The second-order valence-corrected chi connectivity index (χ2v) is 5.87. The maximum atomic E-state index is 11.5. The van der Waals surface area contributed by atoms with Crippen molar-refractivity contribution in [2.45, 2.75) is 57.1 Å². The van der Waals surface area contributed by atoms with Crippen LogP contribution in [0.2, 0.25) is 0 Å². The van der Waals surface area contributed by atoms with Crippen LogP contribution in [0.25, 0.3) is 0 Å². The minimum atomic E-state index is -0.585. The fourth-order valence-electron chi connectivity index (χ4n) is 3.19. The Morgan fingerprint density at radius 1 is 1.39 bits per heavy atom. The lowest BCUT2D eigenvalue weighted by molar-refractivity contribution is -0.155. The topological polar surface area (TPSA) is 49.8 Å². The molecule has 1 saturated heterocycles. The highest BCUT2D eigenvalue weighted by Gasteiger charge is 2.41. The van der Waals surface area contributed by atoms with Crippen LogP contribution in [-0.2, 0) is 9.53 Å². The highest BCUT2D eigenvalue weighted by atomic mass is 16.5. The molecule has 1 aliphatic carbocycles. The number of ether oxygens (including phenoxy) is 1. The van der Waals surface area contributed by atoms with Gasteiger partial charge in [-0.2, -0.15) is 0 Å². The monoisotopic (exact) mass is 255 g/mol. The van der Waals surface area contributed by atoms with E-state index in [-0.39, 0.29) is 12.0 Å². The van der Waals surface area contributed by atoms with Gasteiger partial charge in [-0.3, -0.25) is 9.69 Å². The van der Waals surface area contributed by atoms with E-state index in [1.54, 1.807) is 0 Å². The van der Waals surface area contributed by atoms with Gasteiger partial charge in [0.05, 0.1) is 12.7 Å². The number of esters is 1. The largest absolute Gasteiger partial charge is 0.468 e. The quantitative estimate of drug-likeness (QED) is 0.775. The SMILES string of the molecule is CCC1CCC(O)(CN2CCC2C(=O)OC)CC1. The molecule has 2 rings (SSSR count). The number of hydrogen-bond donors (Lipinski definition) is 1. The molecule has 2 fully saturated rings. The number of likely N-dealkylation sites (tertiary alicyclic amines) is 1. The van der Waals surface area contributed by atoms with Crippen molar-refractivity contribution in [1.29, 1.82) is 0 Å². The van der Waals surface area contributed by atoms with Crippen LogP contribution in [0.3, 0.4) is 0 Å². The number of carbonyl (C=O) groups is 1. The Bertz CT molecular complexity index is 297. The van der Waals surface area contributed by atoms with E-state index in [4.69, 9.17) is 4.74 Å². The van der Waals surface area contributed by atoms with E-state index >= 15 is 0 Å². The summed E-state index contributed by atoms with van der Waals surface area (Å²) in [6.07, 6.45) is 6.05. The molecular formula is C14H25NO3. The molecule has 0 amide bonds. The van der Waals surface area contributed by atoms with Crippen molar-refractivity contribution in [2.75, 3.05) is 20.2 Å². The average Bonchev–Trinajstić information content (AvgIpc) is 2.36. The van der Waals surface area contributed by atoms with Crippen LogP contribution in [0.5, 0.6) is 0 Å². The van der Waals surface area contributed by atoms with Gasteiger partial charge in [-0.05, 0) is 38.0 Å². The number of hydrogen-bond acceptors (Lipinski definition) is 4. The first kappa shape index (κ1) is 13.8. The first-order valence-corrected chi connectivity index (χ1v) is 7.12. The molecule has 0 aromatic carbocycles. The Balaban J connectivity index is 1.84. The van der Waals surface area contributed by atoms with Gasteiger partial charge in [0.2, 0.25) is 0 Å². The van der Waals surface area contributed by atoms with Crippen LogP contribution in [0, 0.1) is 5.92 Å². The molecule has 104 valence electrons. The van der Waals surface area contributed by atoms with Crippen LogP contribution in [-0.4, -0.2) is 47.8 Å². The van der Waals surface area contributed by atoms with Crippen molar-refractivity contribution in [3.05, 3.63) is 0 Å². The summed E-state index contributed by atoms with van der Waals surface area (Å²) in [5, 5.41) is 10.6. The summed E-state index contributed by atoms with van der Waals surface area (Å²) in [6, 6.07) is -0.122. The molecule has 0 radical (unpaired) electrons. The maximum absolute atomic E-state index is 11.5. The number of rotatable bonds is 4. The number of β-amino-alcohol motifs (C(OH)–C–C–N with tert-alkyl or cyclic N) is 1. The molecule has 1 saturated carbocycles. The molecule has 0 aromatic heterocycles. The fourth-order valence-corrected chi connectivity index (χ4v) is 3.19. The van der Waals surface area contributed by atoms with E-state index < -0.39 is 5.60 Å². The van der Waals surface area contributed by atoms with Crippen molar-refractivity contribution >= 4 is 5.97 Å². The van der Waals surface area contributed by atoms with Gasteiger partial charge in [0.1, 0.15) is 6.04 Å². The lowest BCUT2D eigenvalue weighted by atomic mass is 9.77. The Labute approximate surface area is 109 Å². The molecule has 4 heteroatoms. The normalized spacial score (nSPS) is 37.1. The summed E-state index contributed by atoms with van der Waals surface area (Å²) in [7, 11) is 1.43. The van der Waals surface area contributed by atoms with E-state index in [9.17, 15) is 9.90 Å². The molecule has 1 aliphatic heterocycles. The molecule has 1 N–H and O–H groups in total.